The summed E-state index contributed by atoms with van der Waals surface area (Å²) in [6.45, 7) is 6.31. The van der Waals surface area contributed by atoms with Crippen molar-refractivity contribution in [3.8, 4) is 0 Å². The maximum absolute atomic E-state index is 11.1. The van der Waals surface area contributed by atoms with Gasteiger partial charge in [0.05, 0.1) is 0 Å². The SMILES string of the molecule is CCCC/C=C(\C=O)c1cccc(C)c1C. The van der Waals surface area contributed by atoms with Gasteiger partial charge in [-0.3, -0.25) is 4.79 Å². The summed E-state index contributed by atoms with van der Waals surface area (Å²) in [7, 11) is 0. The summed E-state index contributed by atoms with van der Waals surface area (Å²) in [6.07, 6.45) is 6.31. The monoisotopic (exact) mass is 216 g/mol. The van der Waals surface area contributed by atoms with E-state index >= 15 is 0 Å². The highest BCUT2D eigenvalue weighted by Crippen LogP contribution is 2.20. The molecule has 0 radical (unpaired) electrons. The third-order valence-corrected chi connectivity index (χ3v) is 2.96. The molecule has 0 amide bonds. The molecule has 1 nitrogen and oxygen atoms in total. The molecule has 16 heavy (non-hydrogen) atoms. The fourth-order valence-electron chi connectivity index (χ4n) is 1.75. The lowest BCUT2D eigenvalue weighted by Crippen LogP contribution is -1.93. The smallest absolute Gasteiger partial charge is 0.150 e. The summed E-state index contributed by atoms with van der Waals surface area (Å²) in [6, 6.07) is 6.11. The Hall–Kier alpha value is -1.37. The zero-order valence-electron chi connectivity index (χ0n) is 10.4. The molecule has 0 atom stereocenters. The summed E-state index contributed by atoms with van der Waals surface area (Å²) >= 11 is 0. The minimum Gasteiger partial charge on any atom is -0.298 e. The molecule has 1 aromatic carbocycles. The molecule has 0 heterocycles. The fraction of sp³-hybridized carbons (Fsp3) is 0.400. The molecule has 0 bridgehead atoms. The normalized spacial score (nSPS) is 11.6. The van der Waals surface area contributed by atoms with Gasteiger partial charge in [-0.1, -0.05) is 44.0 Å². The van der Waals surface area contributed by atoms with E-state index in [4.69, 9.17) is 0 Å². The predicted octanol–water partition coefficient (Wildman–Crippen LogP) is 4.08. The standard InChI is InChI=1S/C15H20O/c1-4-5-6-9-14(11-16)15-10-7-8-12(2)13(15)3/h7-11H,4-6H2,1-3H3/b14-9+. The molecule has 0 spiro atoms. The average molecular weight is 216 g/mol. The molecule has 86 valence electrons. The number of carbonyl (C=O) groups is 1. The zero-order chi connectivity index (χ0) is 12.0. The van der Waals surface area contributed by atoms with Crippen molar-refractivity contribution in [1.29, 1.82) is 0 Å². The van der Waals surface area contributed by atoms with Gasteiger partial charge in [0, 0.05) is 5.57 Å². The average Bonchev–Trinajstić information content (AvgIpc) is 2.29. The van der Waals surface area contributed by atoms with E-state index in [0.29, 0.717) is 0 Å². The molecule has 0 saturated carbocycles. The molecular formula is C15H20O. The summed E-state index contributed by atoms with van der Waals surface area (Å²) in [4.78, 5) is 11.1. The van der Waals surface area contributed by atoms with Gasteiger partial charge in [0.2, 0.25) is 0 Å². The van der Waals surface area contributed by atoms with Crippen molar-refractivity contribution < 1.29 is 4.79 Å². The Balaban J connectivity index is 2.99. The molecule has 1 heteroatoms. The third-order valence-electron chi connectivity index (χ3n) is 2.96. The van der Waals surface area contributed by atoms with Gasteiger partial charge >= 0.3 is 0 Å². The lowest BCUT2D eigenvalue weighted by Gasteiger charge is -2.08. The number of hydrogen-bond donors (Lipinski definition) is 0. The Labute approximate surface area is 98.2 Å². The van der Waals surface area contributed by atoms with E-state index in [0.717, 1.165) is 36.7 Å². The van der Waals surface area contributed by atoms with E-state index in [1.54, 1.807) is 0 Å². The van der Waals surface area contributed by atoms with Crippen LogP contribution in [0.4, 0.5) is 0 Å². The van der Waals surface area contributed by atoms with Crippen LogP contribution in [-0.2, 0) is 4.79 Å². The van der Waals surface area contributed by atoms with Crippen LogP contribution in [0.2, 0.25) is 0 Å². The highest BCUT2D eigenvalue weighted by atomic mass is 16.1. The number of carbonyl (C=O) groups excluding carboxylic acids is 1. The van der Waals surface area contributed by atoms with Crippen LogP contribution in [0.5, 0.6) is 0 Å². The van der Waals surface area contributed by atoms with Gasteiger partial charge in [-0.25, -0.2) is 0 Å². The highest BCUT2D eigenvalue weighted by Gasteiger charge is 2.04. The van der Waals surface area contributed by atoms with Crippen LogP contribution in [0, 0.1) is 13.8 Å². The first-order chi connectivity index (χ1) is 7.70. The first-order valence-corrected chi connectivity index (χ1v) is 5.92. The summed E-state index contributed by atoms with van der Waals surface area (Å²) < 4.78 is 0. The number of hydrogen-bond acceptors (Lipinski definition) is 1. The summed E-state index contributed by atoms with van der Waals surface area (Å²) in [5.41, 5.74) is 4.35. The maximum Gasteiger partial charge on any atom is 0.150 e. The minimum atomic E-state index is 0.828. The molecule has 0 aliphatic rings. The molecule has 0 aliphatic carbocycles. The quantitative estimate of drug-likeness (QED) is 0.412. The number of rotatable bonds is 5. The van der Waals surface area contributed by atoms with Crippen LogP contribution in [0.1, 0.15) is 42.9 Å². The van der Waals surface area contributed by atoms with Gasteiger partial charge in [-0.05, 0) is 37.0 Å². The molecular weight excluding hydrogens is 196 g/mol. The number of benzene rings is 1. The van der Waals surface area contributed by atoms with E-state index in [2.05, 4.69) is 32.9 Å². The Morgan fingerprint density at radius 1 is 1.31 bits per heavy atom. The Morgan fingerprint density at radius 3 is 2.69 bits per heavy atom. The molecule has 0 N–H and O–H groups in total. The van der Waals surface area contributed by atoms with Crippen molar-refractivity contribution >= 4 is 11.9 Å². The van der Waals surface area contributed by atoms with Crippen molar-refractivity contribution in [2.45, 2.75) is 40.0 Å². The van der Waals surface area contributed by atoms with Gasteiger partial charge in [0.25, 0.3) is 0 Å². The lowest BCUT2D eigenvalue weighted by atomic mass is 9.97. The van der Waals surface area contributed by atoms with E-state index in [1.807, 2.05) is 12.1 Å². The van der Waals surface area contributed by atoms with Crippen LogP contribution >= 0.6 is 0 Å². The van der Waals surface area contributed by atoms with Crippen molar-refractivity contribution in [3.63, 3.8) is 0 Å². The molecule has 1 rings (SSSR count). The van der Waals surface area contributed by atoms with Gasteiger partial charge in [0.1, 0.15) is 6.29 Å². The molecule has 0 fully saturated rings. The molecule has 1 aromatic rings. The van der Waals surface area contributed by atoms with Crippen molar-refractivity contribution in [2.24, 2.45) is 0 Å². The van der Waals surface area contributed by atoms with E-state index in [1.165, 1.54) is 11.1 Å². The van der Waals surface area contributed by atoms with Gasteiger partial charge in [0.15, 0.2) is 0 Å². The van der Waals surface area contributed by atoms with Crippen LogP contribution in [0.25, 0.3) is 5.57 Å². The topological polar surface area (TPSA) is 17.1 Å². The Bertz CT molecular complexity index is 388. The Kier molecular flexibility index (Phi) is 4.97. The van der Waals surface area contributed by atoms with Crippen LogP contribution in [-0.4, -0.2) is 6.29 Å². The molecule has 0 unspecified atom stereocenters. The predicted molar refractivity (Wildman–Crippen MR) is 69.5 cm³/mol. The number of aryl methyl sites for hydroxylation is 1. The Morgan fingerprint density at radius 2 is 2.06 bits per heavy atom. The maximum atomic E-state index is 11.1. The minimum absolute atomic E-state index is 0.828. The lowest BCUT2D eigenvalue weighted by molar-refractivity contribution is -0.103. The van der Waals surface area contributed by atoms with Gasteiger partial charge < -0.3 is 0 Å². The third kappa shape index (κ3) is 3.06. The second-order valence-corrected chi connectivity index (χ2v) is 4.17. The molecule has 0 aromatic heterocycles. The highest BCUT2D eigenvalue weighted by molar-refractivity contribution is 6.07. The number of allylic oxidation sites excluding steroid dienone is 2. The van der Waals surface area contributed by atoms with Crippen LogP contribution in [0.15, 0.2) is 24.3 Å². The van der Waals surface area contributed by atoms with E-state index in [-0.39, 0.29) is 0 Å². The van der Waals surface area contributed by atoms with Crippen molar-refractivity contribution in [2.75, 3.05) is 0 Å². The van der Waals surface area contributed by atoms with Crippen molar-refractivity contribution in [3.05, 3.63) is 41.0 Å². The molecule has 0 aliphatic heterocycles. The van der Waals surface area contributed by atoms with Crippen LogP contribution in [0.3, 0.4) is 0 Å². The summed E-state index contributed by atoms with van der Waals surface area (Å²) in [5, 5.41) is 0. The first kappa shape index (κ1) is 12.7. The van der Waals surface area contributed by atoms with E-state index in [9.17, 15) is 4.79 Å². The van der Waals surface area contributed by atoms with Crippen molar-refractivity contribution in [1.82, 2.24) is 0 Å². The molecule has 0 saturated heterocycles. The van der Waals surface area contributed by atoms with Gasteiger partial charge in [-0.2, -0.15) is 0 Å². The van der Waals surface area contributed by atoms with Gasteiger partial charge in [-0.15, -0.1) is 0 Å². The second kappa shape index (κ2) is 6.26. The fourth-order valence-corrected chi connectivity index (χ4v) is 1.75. The zero-order valence-corrected chi connectivity index (χ0v) is 10.4. The first-order valence-electron chi connectivity index (χ1n) is 5.92. The number of unbranched alkanes of at least 4 members (excludes halogenated alkanes) is 2. The van der Waals surface area contributed by atoms with Crippen LogP contribution < -0.4 is 0 Å². The van der Waals surface area contributed by atoms with E-state index < -0.39 is 0 Å². The largest absolute Gasteiger partial charge is 0.298 e. The number of aldehydes is 1. The second-order valence-electron chi connectivity index (χ2n) is 4.17. The summed E-state index contributed by atoms with van der Waals surface area (Å²) in [5.74, 6) is 0.